The third kappa shape index (κ3) is 4.40. The van der Waals surface area contributed by atoms with Gasteiger partial charge in [-0.3, -0.25) is 0 Å². The third-order valence-electron chi connectivity index (χ3n) is 2.31. The van der Waals surface area contributed by atoms with E-state index in [-0.39, 0.29) is 0 Å². The first kappa shape index (κ1) is 12.4. The first-order chi connectivity index (χ1) is 5.19. The highest BCUT2D eigenvalue weighted by Crippen LogP contribution is 2.27. The van der Waals surface area contributed by atoms with Gasteiger partial charge in [0.2, 0.25) is 0 Å². The van der Waals surface area contributed by atoms with E-state index in [1.807, 2.05) is 13.1 Å². The Morgan fingerprint density at radius 3 is 1.92 bits per heavy atom. The fourth-order valence-electron chi connectivity index (χ4n) is 1.24. The Balaban J connectivity index is 4.22. The summed E-state index contributed by atoms with van der Waals surface area (Å²) in [6.45, 7) is 12.4. The zero-order chi connectivity index (χ0) is 9.99. The molecule has 0 aliphatic carbocycles. The maximum absolute atomic E-state index is 9.65. The van der Waals surface area contributed by atoms with E-state index in [0.717, 1.165) is 6.42 Å². The molecule has 0 bridgehead atoms. The summed E-state index contributed by atoms with van der Waals surface area (Å²) in [5.74, 6) is 0. The van der Waals surface area contributed by atoms with Gasteiger partial charge in [-0.2, -0.15) is 0 Å². The van der Waals surface area contributed by atoms with Crippen molar-refractivity contribution in [2.75, 3.05) is 0 Å². The van der Waals surface area contributed by atoms with Crippen LogP contribution in [0.4, 0.5) is 0 Å². The number of rotatable bonds is 4. The molecule has 0 aromatic heterocycles. The summed E-state index contributed by atoms with van der Waals surface area (Å²) in [7, 11) is -3.94. The van der Waals surface area contributed by atoms with Crippen molar-refractivity contribution in [1.82, 2.24) is 0 Å². The molecule has 0 fully saturated rings. The molecule has 1 atom stereocenters. The highest BCUT2D eigenvalue weighted by atomic mass is 28.4. The van der Waals surface area contributed by atoms with Gasteiger partial charge in [-0.15, -0.1) is 0 Å². The molecule has 0 radical (unpaired) electrons. The van der Waals surface area contributed by atoms with Crippen LogP contribution in [0.25, 0.3) is 0 Å². The van der Waals surface area contributed by atoms with Gasteiger partial charge < -0.3 is 8.91 Å². The molecule has 1 unspecified atom stereocenters. The van der Waals surface area contributed by atoms with Crippen molar-refractivity contribution >= 4 is 16.9 Å². The monoisotopic (exact) mass is 206 g/mol. The van der Waals surface area contributed by atoms with E-state index in [4.69, 9.17) is 4.12 Å². The van der Waals surface area contributed by atoms with Crippen LogP contribution < -0.4 is 0 Å². The van der Waals surface area contributed by atoms with Crippen LogP contribution in [-0.4, -0.2) is 21.7 Å². The zero-order valence-electron chi connectivity index (χ0n) is 9.14. The van der Waals surface area contributed by atoms with Gasteiger partial charge in [-0.25, -0.2) is 0 Å². The topological polar surface area (TPSA) is 29.5 Å². The van der Waals surface area contributed by atoms with Crippen LogP contribution in [0.5, 0.6) is 0 Å². The molecule has 74 valence electrons. The second kappa shape index (κ2) is 4.04. The van der Waals surface area contributed by atoms with Crippen molar-refractivity contribution in [1.29, 1.82) is 0 Å². The highest BCUT2D eigenvalue weighted by Gasteiger charge is 2.35. The van der Waals surface area contributed by atoms with Crippen molar-refractivity contribution in [3.63, 3.8) is 0 Å². The summed E-state index contributed by atoms with van der Waals surface area (Å²) < 4.78 is 5.81. The van der Waals surface area contributed by atoms with E-state index in [9.17, 15) is 4.80 Å². The Morgan fingerprint density at radius 1 is 1.25 bits per heavy atom. The lowest BCUT2D eigenvalue weighted by molar-refractivity contribution is 0.378. The lowest BCUT2D eigenvalue weighted by Gasteiger charge is -2.34. The van der Waals surface area contributed by atoms with Crippen LogP contribution in [0.15, 0.2) is 0 Å². The van der Waals surface area contributed by atoms with Gasteiger partial charge in [-0.1, -0.05) is 20.3 Å². The normalized spacial score (nSPS) is 16.2. The minimum absolute atomic E-state index is 0.622. The molecule has 0 aliphatic rings. The van der Waals surface area contributed by atoms with Crippen molar-refractivity contribution in [2.24, 2.45) is 0 Å². The van der Waals surface area contributed by atoms with E-state index in [0.29, 0.717) is 5.54 Å². The van der Waals surface area contributed by atoms with Crippen LogP contribution in [0, 0.1) is 0 Å². The quantitative estimate of drug-likeness (QED) is 0.717. The van der Waals surface area contributed by atoms with Crippen LogP contribution in [-0.2, 0) is 4.12 Å². The average molecular weight is 206 g/mol. The summed E-state index contributed by atoms with van der Waals surface area (Å²) in [6.07, 6.45) is 1.14. The molecule has 0 aliphatic heterocycles. The number of hydrogen-bond acceptors (Lipinski definition) is 2. The SMILES string of the molecule is CCC(C)[Si](C)(C)O[Si](C)(C)O. The molecule has 4 heteroatoms. The molecule has 12 heavy (non-hydrogen) atoms. The predicted molar refractivity (Wildman–Crippen MR) is 58.0 cm³/mol. The first-order valence-electron chi connectivity index (χ1n) is 4.61. The molecule has 2 nitrogen and oxygen atoms in total. The Bertz CT molecular complexity index is 140. The lowest BCUT2D eigenvalue weighted by Crippen LogP contribution is -2.46. The molecule has 0 heterocycles. The van der Waals surface area contributed by atoms with Gasteiger partial charge in [0, 0.05) is 0 Å². The Morgan fingerprint density at radius 2 is 1.67 bits per heavy atom. The van der Waals surface area contributed by atoms with Gasteiger partial charge in [0.25, 0.3) is 0 Å². The van der Waals surface area contributed by atoms with Gasteiger partial charge >= 0.3 is 8.56 Å². The van der Waals surface area contributed by atoms with Crippen molar-refractivity contribution in [3.8, 4) is 0 Å². The summed E-state index contributed by atoms with van der Waals surface area (Å²) in [5.41, 5.74) is 0.622. The summed E-state index contributed by atoms with van der Waals surface area (Å²) in [4.78, 5) is 9.65. The molecule has 0 amide bonds. The molecule has 0 spiro atoms. The molecule has 0 saturated heterocycles. The molecule has 0 rings (SSSR count). The largest absolute Gasteiger partial charge is 0.436 e. The molecule has 0 aromatic rings. The van der Waals surface area contributed by atoms with Gasteiger partial charge in [0.1, 0.15) is 0 Å². The van der Waals surface area contributed by atoms with E-state index in [1.165, 1.54) is 0 Å². The Hall–Kier alpha value is 0.354. The van der Waals surface area contributed by atoms with Crippen molar-refractivity contribution in [2.45, 2.75) is 52.0 Å². The highest BCUT2D eigenvalue weighted by molar-refractivity contribution is 6.82. The maximum atomic E-state index is 9.65. The average Bonchev–Trinajstić information content (AvgIpc) is 1.80. The zero-order valence-corrected chi connectivity index (χ0v) is 11.1. The third-order valence-corrected chi connectivity index (χ3v) is 9.20. The standard InChI is InChI=1S/C8H22O2Si2/c1-7-8(2)11(3,4)10-12(5,6)9/h8-9H,7H2,1-6H3. The van der Waals surface area contributed by atoms with Crippen LogP contribution in [0.2, 0.25) is 31.7 Å². The molecular weight excluding hydrogens is 184 g/mol. The van der Waals surface area contributed by atoms with Gasteiger partial charge in [0.15, 0.2) is 8.32 Å². The lowest BCUT2D eigenvalue weighted by atomic mass is 10.4. The van der Waals surface area contributed by atoms with Crippen LogP contribution in [0.1, 0.15) is 20.3 Å². The number of hydrogen-bond donors (Lipinski definition) is 1. The molecular formula is C8H22O2Si2. The maximum Gasteiger partial charge on any atom is 0.318 e. The van der Waals surface area contributed by atoms with Crippen LogP contribution >= 0.6 is 0 Å². The molecule has 0 saturated carbocycles. The van der Waals surface area contributed by atoms with Crippen LogP contribution in [0.3, 0.4) is 0 Å². The van der Waals surface area contributed by atoms with E-state index < -0.39 is 16.9 Å². The van der Waals surface area contributed by atoms with E-state index in [2.05, 4.69) is 26.9 Å². The first-order valence-corrected chi connectivity index (χ1v) is 10.5. The minimum atomic E-state index is -2.31. The Kier molecular flexibility index (Phi) is 4.16. The summed E-state index contributed by atoms with van der Waals surface area (Å²) >= 11 is 0. The van der Waals surface area contributed by atoms with Crippen molar-refractivity contribution in [3.05, 3.63) is 0 Å². The molecule has 1 N–H and O–H groups in total. The Labute approximate surface area is 78.3 Å². The van der Waals surface area contributed by atoms with E-state index >= 15 is 0 Å². The van der Waals surface area contributed by atoms with Crippen molar-refractivity contribution < 1.29 is 8.91 Å². The fraction of sp³-hybridized carbons (Fsp3) is 1.00. The predicted octanol–water partition coefficient (Wildman–Crippen LogP) is 2.70. The smallest absolute Gasteiger partial charge is 0.318 e. The molecule has 0 aromatic carbocycles. The van der Waals surface area contributed by atoms with Gasteiger partial charge in [-0.05, 0) is 31.7 Å². The van der Waals surface area contributed by atoms with Gasteiger partial charge in [0.05, 0.1) is 0 Å². The van der Waals surface area contributed by atoms with E-state index in [1.54, 1.807) is 0 Å². The minimum Gasteiger partial charge on any atom is -0.436 e. The fourth-order valence-corrected chi connectivity index (χ4v) is 8.17. The summed E-state index contributed by atoms with van der Waals surface area (Å²) in [5, 5.41) is 0. The second-order valence-corrected chi connectivity index (χ2v) is 12.4. The second-order valence-electron chi connectivity index (χ2n) is 4.46. The summed E-state index contributed by atoms with van der Waals surface area (Å²) in [6, 6.07) is 0.